The van der Waals surface area contributed by atoms with Gasteiger partial charge in [-0.2, -0.15) is 0 Å². The molecule has 0 N–H and O–H groups in total. The summed E-state index contributed by atoms with van der Waals surface area (Å²) in [6.07, 6.45) is 0. The molecule has 2 nitrogen and oxygen atoms in total. The Kier molecular flexibility index (Phi) is 10.0. The Balaban J connectivity index is 1.02. The second-order valence-corrected chi connectivity index (χ2v) is 20.3. The van der Waals surface area contributed by atoms with Crippen LogP contribution >= 0.6 is 0 Å². The first-order valence-electron chi connectivity index (χ1n) is 26.4. The number of hydrogen-bond donors (Lipinski definition) is 0. The lowest BCUT2D eigenvalue weighted by Gasteiger charge is -2.35. The summed E-state index contributed by atoms with van der Waals surface area (Å²) in [6.45, 7) is 0. The fourth-order valence-electron chi connectivity index (χ4n) is 13.6. The summed E-state index contributed by atoms with van der Waals surface area (Å²) in [6, 6.07) is 113. The van der Waals surface area contributed by atoms with Crippen molar-refractivity contribution >= 4 is 34.1 Å². The Bertz CT molecular complexity index is 4080. The molecule has 12 aromatic carbocycles. The molecule has 12 aromatic rings. The standard InChI is InChI=1S/C74H50N2/c1-6-25-51(26-7-1)58-35-19-23-43-70(58)76(71-44-24-42-67-72(71)63-38-18-22-41-66(63)73(67,52-27-8-2-9-28-52)53-29-10-3-11-30-53)57-46-48-62-60-37-17-21-40-65(60)74(69(62)50-57)64-39-20-16-36-59(64)61-47-45-56(49-68(61)74)75(54-31-12-4-13-32-54)55-33-14-5-15-34-55/h1-50H. The Hall–Kier alpha value is -9.76. The molecular formula is C74H50N2. The molecule has 15 rings (SSSR count). The van der Waals surface area contributed by atoms with Gasteiger partial charge >= 0.3 is 0 Å². The maximum Gasteiger partial charge on any atom is 0.0727 e. The maximum atomic E-state index is 2.58. The highest BCUT2D eigenvalue weighted by Gasteiger charge is 2.53. The number of para-hydroxylation sites is 3. The van der Waals surface area contributed by atoms with E-state index in [1.165, 1.54) is 77.9 Å². The van der Waals surface area contributed by atoms with Gasteiger partial charge in [-0.15, -0.1) is 0 Å². The molecule has 0 heterocycles. The van der Waals surface area contributed by atoms with Gasteiger partial charge in [-0.1, -0.05) is 243 Å². The van der Waals surface area contributed by atoms with Gasteiger partial charge in [-0.05, 0) is 139 Å². The minimum atomic E-state index is -0.630. The molecule has 0 saturated heterocycles. The first-order valence-corrected chi connectivity index (χ1v) is 26.4. The van der Waals surface area contributed by atoms with E-state index in [1.807, 2.05) is 0 Å². The minimum Gasteiger partial charge on any atom is -0.310 e. The van der Waals surface area contributed by atoms with E-state index in [2.05, 4.69) is 313 Å². The first-order chi connectivity index (χ1) is 37.7. The summed E-state index contributed by atoms with van der Waals surface area (Å²) in [5.74, 6) is 0. The van der Waals surface area contributed by atoms with Gasteiger partial charge in [0.25, 0.3) is 0 Å². The molecule has 0 aromatic heterocycles. The van der Waals surface area contributed by atoms with E-state index in [0.717, 1.165) is 45.3 Å². The molecule has 0 radical (unpaired) electrons. The SMILES string of the molecule is c1ccc(-c2ccccc2N(c2ccc3c(c2)C2(c4ccccc4-c4ccc(N(c5ccccc5)c5ccccc5)cc42)c2ccccc2-3)c2cccc3c2-c2ccccc2C3(c2ccccc2)c2ccccc2)cc1. The fourth-order valence-corrected chi connectivity index (χ4v) is 13.6. The van der Waals surface area contributed by atoms with Crippen LogP contribution in [0, 0.1) is 0 Å². The van der Waals surface area contributed by atoms with Crippen LogP contribution in [0.25, 0.3) is 44.5 Å². The average Bonchev–Trinajstić information content (AvgIpc) is 4.28. The quantitative estimate of drug-likeness (QED) is 0.142. The zero-order valence-electron chi connectivity index (χ0n) is 41.8. The van der Waals surface area contributed by atoms with Crippen LogP contribution in [0.5, 0.6) is 0 Å². The number of nitrogens with zero attached hydrogens (tertiary/aromatic N) is 2. The normalized spacial score (nSPS) is 14.7. The van der Waals surface area contributed by atoms with Gasteiger partial charge in [0.05, 0.1) is 22.2 Å². The largest absolute Gasteiger partial charge is 0.310 e. The van der Waals surface area contributed by atoms with Crippen LogP contribution in [0.1, 0.15) is 44.5 Å². The molecule has 3 aliphatic rings. The predicted molar refractivity (Wildman–Crippen MR) is 315 cm³/mol. The van der Waals surface area contributed by atoms with Crippen LogP contribution in [0.15, 0.2) is 303 Å². The molecule has 1 spiro atoms. The van der Waals surface area contributed by atoms with Gasteiger partial charge in [0.2, 0.25) is 0 Å². The van der Waals surface area contributed by atoms with Crippen LogP contribution in [0.2, 0.25) is 0 Å². The van der Waals surface area contributed by atoms with Gasteiger partial charge in [-0.25, -0.2) is 0 Å². The lowest BCUT2D eigenvalue weighted by Crippen LogP contribution is -2.28. The van der Waals surface area contributed by atoms with Gasteiger partial charge in [0.1, 0.15) is 0 Å². The van der Waals surface area contributed by atoms with Crippen molar-refractivity contribution in [2.45, 2.75) is 10.8 Å². The minimum absolute atomic E-state index is 0.568. The van der Waals surface area contributed by atoms with Crippen molar-refractivity contribution in [1.29, 1.82) is 0 Å². The number of fused-ring (bicyclic) bond motifs is 13. The van der Waals surface area contributed by atoms with Crippen molar-refractivity contribution < 1.29 is 0 Å². The fraction of sp³-hybridized carbons (Fsp3) is 0.0270. The van der Waals surface area contributed by atoms with Crippen molar-refractivity contribution in [3.8, 4) is 44.5 Å². The molecular weight excluding hydrogens is 917 g/mol. The van der Waals surface area contributed by atoms with E-state index in [9.17, 15) is 0 Å². The zero-order valence-corrected chi connectivity index (χ0v) is 41.8. The lowest BCUT2D eigenvalue weighted by molar-refractivity contribution is 0.768. The third kappa shape index (κ3) is 6.28. The summed E-state index contributed by atoms with van der Waals surface area (Å²) in [7, 11) is 0. The van der Waals surface area contributed by atoms with Gasteiger partial charge in [0.15, 0.2) is 0 Å². The summed E-state index contributed by atoms with van der Waals surface area (Å²) >= 11 is 0. The molecule has 1 atom stereocenters. The third-order valence-electron chi connectivity index (χ3n) is 16.5. The molecule has 2 heteroatoms. The van der Waals surface area contributed by atoms with Gasteiger partial charge in [-0.3, -0.25) is 0 Å². The molecule has 1 unspecified atom stereocenters. The van der Waals surface area contributed by atoms with Crippen molar-refractivity contribution in [3.63, 3.8) is 0 Å². The number of anilines is 6. The van der Waals surface area contributed by atoms with E-state index in [-0.39, 0.29) is 0 Å². The van der Waals surface area contributed by atoms with Crippen molar-refractivity contribution in [2.24, 2.45) is 0 Å². The molecule has 76 heavy (non-hydrogen) atoms. The van der Waals surface area contributed by atoms with E-state index in [0.29, 0.717) is 0 Å². The Morgan fingerprint density at radius 3 is 1.13 bits per heavy atom. The van der Waals surface area contributed by atoms with Crippen molar-refractivity contribution in [2.75, 3.05) is 9.80 Å². The van der Waals surface area contributed by atoms with Crippen molar-refractivity contribution in [1.82, 2.24) is 0 Å². The van der Waals surface area contributed by atoms with E-state index >= 15 is 0 Å². The Morgan fingerprint density at radius 1 is 0.211 bits per heavy atom. The predicted octanol–water partition coefficient (Wildman–Crippen LogP) is 19.0. The summed E-state index contributed by atoms with van der Waals surface area (Å²) in [5, 5.41) is 0. The molecule has 0 amide bonds. The van der Waals surface area contributed by atoms with E-state index in [4.69, 9.17) is 0 Å². The number of rotatable bonds is 9. The Morgan fingerprint density at radius 2 is 0.592 bits per heavy atom. The number of benzene rings is 12. The first kappa shape index (κ1) is 43.8. The van der Waals surface area contributed by atoms with Crippen LogP contribution in [0.4, 0.5) is 34.1 Å². The van der Waals surface area contributed by atoms with E-state index < -0.39 is 10.8 Å². The van der Waals surface area contributed by atoms with Crippen LogP contribution in [-0.2, 0) is 10.8 Å². The van der Waals surface area contributed by atoms with Crippen LogP contribution in [0.3, 0.4) is 0 Å². The second-order valence-electron chi connectivity index (χ2n) is 20.3. The zero-order chi connectivity index (χ0) is 50.2. The Labute approximate surface area is 444 Å². The van der Waals surface area contributed by atoms with Gasteiger partial charge in [0, 0.05) is 33.9 Å². The van der Waals surface area contributed by atoms with Crippen LogP contribution in [-0.4, -0.2) is 0 Å². The monoisotopic (exact) mass is 966 g/mol. The molecule has 3 aliphatic carbocycles. The number of hydrogen-bond acceptors (Lipinski definition) is 2. The highest BCUT2D eigenvalue weighted by molar-refractivity contribution is 6.02. The molecule has 0 fully saturated rings. The van der Waals surface area contributed by atoms with Gasteiger partial charge < -0.3 is 9.80 Å². The summed E-state index contributed by atoms with van der Waals surface area (Å²) < 4.78 is 0. The molecule has 0 saturated carbocycles. The lowest BCUT2D eigenvalue weighted by atomic mass is 9.68. The van der Waals surface area contributed by atoms with Crippen LogP contribution < -0.4 is 9.80 Å². The summed E-state index contributed by atoms with van der Waals surface area (Å²) in [4.78, 5) is 4.97. The maximum absolute atomic E-state index is 2.58. The summed E-state index contributed by atoms with van der Waals surface area (Å²) in [5.41, 5.74) is 25.5. The highest BCUT2D eigenvalue weighted by Crippen LogP contribution is 2.65. The molecule has 0 aliphatic heterocycles. The highest BCUT2D eigenvalue weighted by atomic mass is 15.2. The topological polar surface area (TPSA) is 6.48 Å². The second kappa shape index (κ2) is 17.4. The van der Waals surface area contributed by atoms with E-state index in [1.54, 1.807) is 0 Å². The third-order valence-corrected chi connectivity index (χ3v) is 16.5. The molecule has 0 bridgehead atoms. The smallest absolute Gasteiger partial charge is 0.0727 e. The molecule has 356 valence electrons. The van der Waals surface area contributed by atoms with Crippen molar-refractivity contribution in [3.05, 3.63) is 348 Å². The average molecular weight is 967 g/mol.